The Kier molecular flexibility index (Phi) is 5.38. The van der Waals surface area contributed by atoms with Crippen LogP contribution in [0.4, 0.5) is 4.79 Å². The quantitative estimate of drug-likeness (QED) is 0.850. The fourth-order valence-corrected chi connectivity index (χ4v) is 2.92. The van der Waals surface area contributed by atoms with Crippen molar-refractivity contribution >= 4 is 17.6 Å². The van der Waals surface area contributed by atoms with Crippen LogP contribution in [-0.2, 0) is 6.42 Å². The van der Waals surface area contributed by atoms with Crippen LogP contribution in [0, 0.1) is 6.92 Å². The first-order valence-corrected chi connectivity index (χ1v) is 8.59. The van der Waals surface area contributed by atoms with Gasteiger partial charge in [0.1, 0.15) is 24.7 Å². The fourth-order valence-electron chi connectivity index (χ4n) is 2.63. The van der Waals surface area contributed by atoms with Crippen molar-refractivity contribution in [1.82, 2.24) is 10.6 Å². The summed E-state index contributed by atoms with van der Waals surface area (Å²) < 4.78 is 16.6. The van der Waals surface area contributed by atoms with Gasteiger partial charge in [-0.2, -0.15) is 0 Å². The van der Waals surface area contributed by atoms with Crippen LogP contribution >= 0.6 is 11.6 Å². The molecule has 1 aromatic carbocycles. The molecule has 1 aromatic heterocycles. The van der Waals surface area contributed by atoms with E-state index >= 15 is 0 Å². The first-order valence-electron chi connectivity index (χ1n) is 8.21. The van der Waals surface area contributed by atoms with E-state index in [0.29, 0.717) is 42.7 Å². The summed E-state index contributed by atoms with van der Waals surface area (Å²) in [5.41, 5.74) is 0.976. The molecule has 2 heterocycles. The third-order valence-corrected chi connectivity index (χ3v) is 4.17. The van der Waals surface area contributed by atoms with Crippen molar-refractivity contribution in [3.63, 3.8) is 0 Å². The van der Waals surface area contributed by atoms with Crippen molar-refractivity contribution in [3.05, 3.63) is 46.4 Å². The lowest BCUT2D eigenvalue weighted by molar-refractivity contribution is 0.171. The molecule has 0 bridgehead atoms. The Hall–Kier alpha value is -2.34. The third kappa shape index (κ3) is 4.39. The van der Waals surface area contributed by atoms with Gasteiger partial charge in [0.25, 0.3) is 0 Å². The number of hydrogen-bond acceptors (Lipinski definition) is 4. The van der Waals surface area contributed by atoms with Crippen molar-refractivity contribution in [3.8, 4) is 11.5 Å². The minimum absolute atomic E-state index is 0.197. The maximum absolute atomic E-state index is 12.0. The standard InChI is InChI=1S/C18H21ClN2O4/c1-11-3-4-15(25-11)12(2)21-18(22)20-6-5-13-9-14(19)17-16(10-13)23-7-8-24-17/h3-4,9-10,12H,5-8H2,1-2H3,(H2,20,21,22). The summed E-state index contributed by atoms with van der Waals surface area (Å²) in [4.78, 5) is 12.0. The van der Waals surface area contributed by atoms with Gasteiger partial charge in [-0.05, 0) is 50.1 Å². The average molecular weight is 365 g/mol. The molecule has 1 atom stereocenters. The van der Waals surface area contributed by atoms with E-state index in [4.69, 9.17) is 25.5 Å². The number of halogens is 1. The van der Waals surface area contributed by atoms with Gasteiger partial charge in [-0.15, -0.1) is 0 Å². The van der Waals surface area contributed by atoms with Crippen molar-refractivity contribution < 1.29 is 18.7 Å². The number of ether oxygens (including phenoxy) is 2. The molecule has 1 aliphatic rings. The molecule has 7 heteroatoms. The number of carbonyl (C=O) groups excluding carboxylic acids is 1. The second kappa shape index (κ2) is 7.70. The first-order chi connectivity index (χ1) is 12.0. The normalized spacial score (nSPS) is 14.0. The van der Waals surface area contributed by atoms with E-state index in [2.05, 4.69) is 10.6 Å². The minimum Gasteiger partial charge on any atom is -0.486 e. The van der Waals surface area contributed by atoms with E-state index < -0.39 is 0 Å². The summed E-state index contributed by atoms with van der Waals surface area (Å²) in [5, 5.41) is 6.20. The number of hydrogen-bond donors (Lipinski definition) is 2. The predicted molar refractivity (Wildman–Crippen MR) is 94.5 cm³/mol. The van der Waals surface area contributed by atoms with Gasteiger partial charge < -0.3 is 24.5 Å². The lowest BCUT2D eigenvalue weighted by atomic mass is 10.1. The van der Waals surface area contributed by atoms with Crippen LogP contribution in [0.25, 0.3) is 0 Å². The first kappa shape index (κ1) is 17.5. The largest absolute Gasteiger partial charge is 0.486 e. The number of fused-ring (bicyclic) bond motifs is 1. The summed E-state index contributed by atoms with van der Waals surface area (Å²) in [7, 11) is 0. The maximum Gasteiger partial charge on any atom is 0.315 e. The Labute approximate surface area is 151 Å². The van der Waals surface area contributed by atoms with Crippen LogP contribution in [-0.4, -0.2) is 25.8 Å². The molecule has 2 aromatic rings. The molecular weight excluding hydrogens is 344 g/mol. The second-order valence-electron chi connectivity index (χ2n) is 5.92. The van der Waals surface area contributed by atoms with Crippen LogP contribution in [0.1, 0.15) is 30.0 Å². The number of benzene rings is 1. The number of carbonyl (C=O) groups is 1. The zero-order valence-electron chi connectivity index (χ0n) is 14.2. The van der Waals surface area contributed by atoms with Crippen LogP contribution in [0.2, 0.25) is 5.02 Å². The Morgan fingerprint density at radius 2 is 2.08 bits per heavy atom. The Morgan fingerprint density at radius 1 is 1.28 bits per heavy atom. The Morgan fingerprint density at radius 3 is 2.84 bits per heavy atom. The van der Waals surface area contributed by atoms with Crippen LogP contribution in [0.15, 0.2) is 28.7 Å². The molecule has 0 spiro atoms. The molecule has 0 fully saturated rings. The van der Waals surface area contributed by atoms with Gasteiger partial charge >= 0.3 is 6.03 Å². The lowest BCUT2D eigenvalue weighted by Gasteiger charge is -2.20. The molecule has 1 unspecified atom stereocenters. The highest BCUT2D eigenvalue weighted by molar-refractivity contribution is 6.32. The topological polar surface area (TPSA) is 72.7 Å². The van der Waals surface area contributed by atoms with E-state index in [1.165, 1.54) is 0 Å². The van der Waals surface area contributed by atoms with Gasteiger partial charge in [0.15, 0.2) is 11.5 Å². The minimum atomic E-state index is -0.245. The molecule has 0 radical (unpaired) electrons. The van der Waals surface area contributed by atoms with E-state index in [1.54, 1.807) is 0 Å². The van der Waals surface area contributed by atoms with E-state index in [1.807, 2.05) is 38.1 Å². The summed E-state index contributed by atoms with van der Waals surface area (Å²) in [6.45, 7) is 5.23. The van der Waals surface area contributed by atoms with Gasteiger partial charge in [-0.3, -0.25) is 0 Å². The molecule has 25 heavy (non-hydrogen) atoms. The Bertz CT molecular complexity index is 760. The van der Waals surface area contributed by atoms with E-state index in [9.17, 15) is 4.79 Å². The smallest absolute Gasteiger partial charge is 0.315 e. The highest BCUT2D eigenvalue weighted by atomic mass is 35.5. The summed E-state index contributed by atoms with van der Waals surface area (Å²) in [5.74, 6) is 2.79. The van der Waals surface area contributed by atoms with Crippen molar-refractivity contribution in [1.29, 1.82) is 0 Å². The average Bonchev–Trinajstić information content (AvgIpc) is 3.01. The highest BCUT2D eigenvalue weighted by Gasteiger charge is 2.17. The number of furan rings is 1. The van der Waals surface area contributed by atoms with Crippen LogP contribution < -0.4 is 20.1 Å². The van der Waals surface area contributed by atoms with E-state index in [0.717, 1.165) is 17.1 Å². The zero-order chi connectivity index (χ0) is 17.8. The fraction of sp³-hybridized carbons (Fsp3) is 0.389. The number of rotatable bonds is 5. The summed E-state index contributed by atoms with van der Waals surface area (Å²) in [6, 6.07) is 7.02. The number of urea groups is 1. The van der Waals surface area contributed by atoms with Gasteiger partial charge in [-0.1, -0.05) is 11.6 Å². The third-order valence-electron chi connectivity index (χ3n) is 3.89. The van der Waals surface area contributed by atoms with Gasteiger partial charge in [0, 0.05) is 6.54 Å². The molecule has 3 rings (SSSR count). The summed E-state index contributed by atoms with van der Waals surface area (Å²) in [6.07, 6.45) is 0.637. The highest BCUT2D eigenvalue weighted by Crippen LogP contribution is 2.38. The molecule has 2 amide bonds. The maximum atomic E-state index is 12.0. The molecule has 0 saturated heterocycles. The van der Waals surface area contributed by atoms with E-state index in [-0.39, 0.29) is 12.1 Å². The second-order valence-corrected chi connectivity index (χ2v) is 6.33. The predicted octanol–water partition coefficient (Wildman–Crippen LogP) is 3.62. The molecular formula is C18H21ClN2O4. The summed E-state index contributed by atoms with van der Waals surface area (Å²) >= 11 is 6.21. The molecule has 6 nitrogen and oxygen atoms in total. The van der Waals surface area contributed by atoms with Gasteiger partial charge in [0.2, 0.25) is 0 Å². The SMILES string of the molecule is Cc1ccc(C(C)NC(=O)NCCc2cc(Cl)c3c(c2)OCCO3)o1. The van der Waals surface area contributed by atoms with Gasteiger partial charge in [0.05, 0.1) is 11.1 Å². The number of nitrogens with one attached hydrogen (secondary N) is 2. The lowest BCUT2D eigenvalue weighted by Crippen LogP contribution is -2.37. The Balaban J connectivity index is 1.49. The molecule has 0 saturated carbocycles. The van der Waals surface area contributed by atoms with Crippen molar-refractivity contribution in [2.75, 3.05) is 19.8 Å². The molecule has 1 aliphatic heterocycles. The van der Waals surface area contributed by atoms with Crippen LogP contribution in [0.5, 0.6) is 11.5 Å². The molecule has 0 aliphatic carbocycles. The number of aryl methyl sites for hydroxylation is 1. The zero-order valence-corrected chi connectivity index (χ0v) is 15.0. The number of amides is 2. The van der Waals surface area contributed by atoms with Crippen molar-refractivity contribution in [2.24, 2.45) is 0 Å². The van der Waals surface area contributed by atoms with Crippen LogP contribution in [0.3, 0.4) is 0 Å². The van der Waals surface area contributed by atoms with Crippen molar-refractivity contribution in [2.45, 2.75) is 26.3 Å². The molecule has 134 valence electrons. The molecule has 2 N–H and O–H groups in total. The monoisotopic (exact) mass is 364 g/mol. The van der Waals surface area contributed by atoms with Gasteiger partial charge in [-0.25, -0.2) is 4.79 Å².